The first-order valence-corrected chi connectivity index (χ1v) is 7.16. The molecule has 0 bridgehead atoms. The molecule has 0 atom stereocenters. The molecule has 23 heavy (non-hydrogen) atoms. The van der Waals surface area contributed by atoms with Gasteiger partial charge in [-0.05, 0) is 30.2 Å². The number of aromatic amines is 1. The number of amides is 1. The van der Waals surface area contributed by atoms with Crippen molar-refractivity contribution in [1.82, 2.24) is 9.97 Å². The SMILES string of the molecule is O=C(Nc1cc(CCO)ccn1)c1cc(=O)[nH]c2ccccc12. The number of carbonyl (C=O) groups excluding carboxylic acids is 1. The smallest absolute Gasteiger partial charge is 0.257 e. The van der Waals surface area contributed by atoms with E-state index in [4.69, 9.17) is 5.11 Å². The summed E-state index contributed by atoms with van der Waals surface area (Å²) < 4.78 is 0. The summed E-state index contributed by atoms with van der Waals surface area (Å²) in [5.74, 6) is -0.0220. The van der Waals surface area contributed by atoms with Crippen LogP contribution in [0.5, 0.6) is 0 Å². The maximum absolute atomic E-state index is 12.5. The van der Waals surface area contributed by atoms with Gasteiger partial charge in [-0.1, -0.05) is 18.2 Å². The fraction of sp³-hybridized carbons (Fsp3) is 0.118. The van der Waals surface area contributed by atoms with Crippen molar-refractivity contribution in [2.45, 2.75) is 6.42 Å². The van der Waals surface area contributed by atoms with Crippen molar-refractivity contribution in [3.05, 3.63) is 70.1 Å². The summed E-state index contributed by atoms with van der Waals surface area (Å²) >= 11 is 0. The first-order valence-electron chi connectivity index (χ1n) is 7.16. The van der Waals surface area contributed by atoms with E-state index in [1.54, 1.807) is 42.6 Å². The highest BCUT2D eigenvalue weighted by atomic mass is 16.3. The van der Waals surface area contributed by atoms with Gasteiger partial charge in [-0.2, -0.15) is 0 Å². The molecule has 6 heteroatoms. The molecule has 6 nitrogen and oxygen atoms in total. The molecular weight excluding hydrogens is 294 g/mol. The van der Waals surface area contributed by atoms with Crippen molar-refractivity contribution in [2.24, 2.45) is 0 Å². The number of aliphatic hydroxyl groups excluding tert-OH is 1. The number of fused-ring (bicyclic) bond motifs is 1. The Kier molecular flexibility index (Phi) is 4.16. The van der Waals surface area contributed by atoms with E-state index in [0.29, 0.717) is 28.7 Å². The Labute approximate surface area is 131 Å². The molecule has 0 radical (unpaired) electrons. The highest BCUT2D eigenvalue weighted by molar-refractivity contribution is 6.11. The highest BCUT2D eigenvalue weighted by Crippen LogP contribution is 2.16. The molecule has 0 aliphatic carbocycles. The number of aliphatic hydroxyl groups is 1. The van der Waals surface area contributed by atoms with Crippen LogP contribution in [0.15, 0.2) is 53.5 Å². The molecule has 3 aromatic rings. The van der Waals surface area contributed by atoms with Crippen molar-refractivity contribution < 1.29 is 9.90 Å². The molecule has 1 aromatic carbocycles. The number of nitrogens with zero attached hydrogens (tertiary/aromatic N) is 1. The third-order valence-electron chi connectivity index (χ3n) is 3.46. The molecule has 2 aromatic heterocycles. The highest BCUT2D eigenvalue weighted by Gasteiger charge is 2.12. The van der Waals surface area contributed by atoms with Gasteiger partial charge in [0.25, 0.3) is 5.91 Å². The summed E-state index contributed by atoms with van der Waals surface area (Å²) in [6.45, 7) is 0.0239. The van der Waals surface area contributed by atoms with Gasteiger partial charge in [-0.3, -0.25) is 9.59 Å². The number of para-hydroxylation sites is 1. The number of rotatable bonds is 4. The second-order valence-electron chi connectivity index (χ2n) is 5.07. The van der Waals surface area contributed by atoms with Gasteiger partial charge in [0, 0.05) is 29.8 Å². The lowest BCUT2D eigenvalue weighted by atomic mass is 10.1. The fourth-order valence-corrected chi connectivity index (χ4v) is 2.40. The van der Waals surface area contributed by atoms with Crippen LogP contribution in [0, 0.1) is 0 Å². The zero-order valence-corrected chi connectivity index (χ0v) is 12.2. The molecule has 3 N–H and O–H groups in total. The first-order chi connectivity index (χ1) is 11.2. The average Bonchev–Trinajstić information content (AvgIpc) is 2.54. The van der Waals surface area contributed by atoms with Gasteiger partial charge in [0.2, 0.25) is 5.56 Å². The predicted octanol–water partition coefficient (Wildman–Crippen LogP) is 1.71. The summed E-state index contributed by atoms with van der Waals surface area (Å²) in [5.41, 5.74) is 1.43. The van der Waals surface area contributed by atoms with Gasteiger partial charge in [0.1, 0.15) is 5.82 Å². The van der Waals surface area contributed by atoms with Gasteiger partial charge < -0.3 is 15.4 Å². The number of anilines is 1. The molecular formula is C17H15N3O3. The number of hydrogen-bond acceptors (Lipinski definition) is 4. The largest absolute Gasteiger partial charge is 0.396 e. The molecule has 0 spiro atoms. The van der Waals surface area contributed by atoms with Crippen molar-refractivity contribution in [3.8, 4) is 0 Å². The van der Waals surface area contributed by atoms with Crippen LogP contribution in [-0.4, -0.2) is 27.6 Å². The minimum atomic E-state index is -0.402. The second kappa shape index (κ2) is 6.41. The van der Waals surface area contributed by atoms with Crippen LogP contribution in [-0.2, 0) is 6.42 Å². The number of H-pyrrole nitrogens is 1. The third-order valence-corrected chi connectivity index (χ3v) is 3.46. The minimum absolute atomic E-state index is 0.0239. The first kappa shape index (κ1) is 14.9. The Hall–Kier alpha value is -2.99. The van der Waals surface area contributed by atoms with Gasteiger partial charge >= 0.3 is 0 Å². The Balaban J connectivity index is 1.95. The molecule has 0 saturated carbocycles. The normalized spacial score (nSPS) is 10.7. The lowest BCUT2D eigenvalue weighted by molar-refractivity contribution is 0.102. The number of carbonyl (C=O) groups is 1. The van der Waals surface area contributed by atoms with Gasteiger partial charge in [-0.15, -0.1) is 0 Å². The molecule has 0 fully saturated rings. The van der Waals surface area contributed by atoms with Crippen LogP contribution in [0.3, 0.4) is 0 Å². The van der Waals surface area contributed by atoms with Crippen LogP contribution in [0.4, 0.5) is 5.82 Å². The Morgan fingerprint density at radius 3 is 2.87 bits per heavy atom. The molecule has 116 valence electrons. The standard InChI is InChI=1S/C17H15N3O3/c21-8-6-11-5-7-18-15(9-11)20-17(23)13-10-16(22)19-14-4-2-1-3-12(13)14/h1-5,7,9-10,21H,6,8H2,(H,19,22)(H,18,20,23). The minimum Gasteiger partial charge on any atom is -0.396 e. The molecule has 0 unspecified atom stereocenters. The van der Waals surface area contributed by atoms with E-state index >= 15 is 0 Å². The number of nitrogens with one attached hydrogen (secondary N) is 2. The Bertz CT molecular complexity index is 918. The van der Waals surface area contributed by atoms with Crippen molar-refractivity contribution in [2.75, 3.05) is 11.9 Å². The van der Waals surface area contributed by atoms with Crippen LogP contribution >= 0.6 is 0 Å². The summed E-state index contributed by atoms with van der Waals surface area (Å²) in [7, 11) is 0. The van der Waals surface area contributed by atoms with Crippen molar-refractivity contribution in [3.63, 3.8) is 0 Å². The van der Waals surface area contributed by atoms with Crippen LogP contribution in [0.2, 0.25) is 0 Å². The Morgan fingerprint density at radius 2 is 2.04 bits per heavy atom. The number of aromatic nitrogens is 2. The molecule has 2 heterocycles. The van der Waals surface area contributed by atoms with E-state index in [2.05, 4.69) is 15.3 Å². The monoisotopic (exact) mass is 309 g/mol. The van der Waals surface area contributed by atoms with E-state index < -0.39 is 5.91 Å². The van der Waals surface area contributed by atoms with E-state index in [-0.39, 0.29) is 12.2 Å². The summed E-state index contributed by atoms with van der Waals surface area (Å²) in [5, 5.41) is 12.3. The summed E-state index contributed by atoms with van der Waals surface area (Å²) in [6, 6.07) is 11.9. The maximum atomic E-state index is 12.5. The van der Waals surface area contributed by atoms with Gasteiger partial charge in [-0.25, -0.2) is 4.98 Å². The molecule has 0 aliphatic heterocycles. The summed E-state index contributed by atoms with van der Waals surface area (Å²) in [6.07, 6.45) is 2.05. The van der Waals surface area contributed by atoms with Gasteiger partial charge in [0.15, 0.2) is 0 Å². The van der Waals surface area contributed by atoms with E-state index in [0.717, 1.165) is 5.56 Å². The maximum Gasteiger partial charge on any atom is 0.257 e. The quantitative estimate of drug-likeness (QED) is 0.683. The van der Waals surface area contributed by atoms with Crippen LogP contribution < -0.4 is 10.9 Å². The zero-order chi connectivity index (χ0) is 16.2. The van der Waals surface area contributed by atoms with E-state index in [9.17, 15) is 9.59 Å². The molecule has 0 saturated heterocycles. The molecule has 3 rings (SSSR count). The van der Waals surface area contributed by atoms with E-state index in [1.165, 1.54) is 6.07 Å². The van der Waals surface area contributed by atoms with Crippen molar-refractivity contribution in [1.29, 1.82) is 0 Å². The number of hydrogen-bond donors (Lipinski definition) is 3. The third kappa shape index (κ3) is 3.27. The average molecular weight is 309 g/mol. The topological polar surface area (TPSA) is 95.1 Å². The number of pyridine rings is 2. The second-order valence-corrected chi connectivity index (χ2v) is 5.07. The lowest BCUT2D eigenvalue weighted by Crippen LogP contribution is -2.17. The summed E-state index contributed by atoms with van der Waals surface area (Å²) in [4.78, 5) is 31.0. The van der Waals surface area contributed by atoms with E-state index in [1.807, 2.05) is 0 Å². The fourth-order valence-electron chi connectivity index (χ4n) is 2.40. The lowest BCUT2D eigenvalue weighted by Gasteiger charge is -2.08. The van der Waals surface area contributed by atoms with Crippen LogP contribution in [0.1, 0.15) is 15.9 Å². The van der Waals surface area contributed by atoms with Crippen molar-refractivity contribution >= 4 is 22.6 Å². The van der Waals surface area contributed by atoms with Gasteiger partial charge in [0.05, 0.1) is 5.56 Å². The zero-order valence-electron chi connectivity index (χ0n) is 12.2. The number of benzene rings is 1. The molecule has 0 aliphatic rings. The Morgan fingerprint density at radius 1 is 1.22 bits per heavy atom. The molecule has 1 amide bonds. The predicted molar refractivity (Wildman–Crippen MR) is 87.5 cm³/mol. The van der Waals surface area contributed by atoms with Crippen LogP contribution in [0.25, 0.3) is 10.9 Å².